The van der Waals surface area contributed by atoms with Crippen molar-refractivity contribution >= 4 is 23.4 Å². The summed E-state index contributed by atoms with van der Waals surface area (Å²) in [5, 5.41) is 5.35. The second-order valence-electron chi connectivity index (χ2n) is 6.16. The SMILES string of the molecule is CCN1CCCC(NC(=O)C2CC(=O)Nc3cc(F)ccc32)C1=O. The molecule has 2 aliphatic heterocycles. The first-order chi connectivity index (χ1) is 11.5. The minimum Gasteiger partial charge on any atom is -0.344 e. The first-order valence-electron chi connectivity index (χ1n) is 8.18. The molecule has 1 saturated heterocycles. The third-order valence-corrected chi connectivity index (χ3v) is 4.60. The molecular formula is C17H20FN3O3. The third kappa shape index (κ3) is 3.11. The van der Waals surface area contributed by atoms with Crippen LogP contribution >= 0.6 is 0 Å². The van der Waals surface area contributed by atoms with E-state index in [1.54, 1.807) is 4.90 Å². The topological polar surface area (TPSA) is 78.5 Å². The smallest absolute Gasteiger partial charge is 0.245 e. The number of hydrogen-bond acceptors (Lipinski definition) is 3. The molecule has 0 aromatic heterocycles. The molecule has 0 radical (unpaired) electrons. The van der Waals surface area contributed by atoms with E-state index >= 15 is 0 Å². The fourth-order valence-corrected chi connectivity index (χ4v) is 3.33. The molecule has 0 bridgehead atoms. The second-order valence-corrected chi connectivity index (χ2v) is 6.16. The van der Waals surface area contributed by atoms with Crippen LogP contribution in [0.5, 0.6) is 0 Å². The van der Waals surface area contributed by atoms with Crippen LogP contribution in [0.15, 0.2) is 18.2 Å². The lowest BCUT2D eigenvalue weighted by atomic mass is 9.89. The summed E-state index contributed by atoms with van der Waals surface area (Å²) in [4.78, 5) is 38.5. The molecule has 2 N–H and O–H groups in total. The van der Waals surface area contributed by atoms with Crippen LogP contribution in [0.25, 0.3) is 0 Å². The normalized spacial score (nSPS) is 23.5. The molecule has 0 spiro atoms. The number of anilines is 1. The van der Waals surface area contributed by atoms with Crippen LogP contribution in [0.4, 0.5) is 10.1 Å². The minimum absolute atomic E-state index is 0.0110. The molecular weight excluding hydrogens is 313 g/mol. The zero-order chi connectivity index (χ0) is 17.3. The van der Waals surface area contributed by atoms with Crippen LogP contribution in [-0.2, 0) is 14.4 Å². The van der Waals surface area contributed by atoms with Gasteiger partial charge in [-0.25, -0.2) is 4.39 Å². The van der Waals surface area contributed by atoms with Gasteiger partial charge in [0.25, 0.3) is 0 Å². The molecule has 6 nitrogen and oxygen atoms in total. The highest BCUT2D eigenvalue weighted by Gasteiger charge is 2.35. The second kappa shape index (κ2) is 6.59. The Morgan fingerprint density at radius 2 is 2.21 bits per heavy atom. The van der Waals surface area contributed by atoms with Crippen LogP contribution in [0.1, 0.15) is 37.7 Å². The Bertz CT molecular complexity index is 692. The fourth-order valence-electron chi connectivity index (χ4n) is 3.33. The van der Waals surface area contributed by atoms with Crippen LogP contribution in [0.3, 0.4) is 0 Å². The lowest BCUT2D eigenvalue weighted by molar-refractivity contribution is -0.139. The number of hydrogen-bond donors (Lipinski definition) is 2. The Morgan fingerprint density at radius 1 is 1.42 bits per heavy atom. The summed E-state index contributed by atoms with van der Waals surface area (Å²) in [5.74, 6) is -1.97. The lowest BCUT2D eigenvalue weighted by Crippen LogP contribution is -2.53. The maximum Gasteiger partial charge on any atom is 0.245 e. The Balaban J connectivity index is 1.78. The molecule has 128 valence electrons. The Kier molecular flexibility index (Phi) is 4.51. The number of piperidine rings is 1. The van der Waals surface area contributed by atoms with Gasteiger partial charge in [-0.15, -0.1) is 0 Å². The maximum absolute atomic E-state index is 13.4. The largest absolute Gasteiger partial charge is 0.344 e. The number of nitrogens with one attached hydrogen (secondary N) is 2. The fraction of sp³-hybridized carbons (Fsp3) is 0.471. The minimum atomic E-state index is -0.709. The van der Waals surface area contributed by atoms with Crippen molar-refractivity contribution in [2.45, 2.75) is 38.1 Å². The first kappa shape index (κ1) is 16.4. The highest BCUT2D eigenvalue weighted by Crippen LogP contribution is 2.33. The molecule has 2 atom stereocenters. The molecule has 24 heavy (non-hydrogen) atoms. The Hall–Kier alpha value is -2.44. The van der Waals surface area contributed by atoms with Gasteiger partial charge in [0, 0.05) is 25.2 Å². The Morgan fingerprint density at radius 3 is 2.96 bits per heavy atom. The number of carbonyl (C=O) groups excluding carboxylic acids is 3. The molecule has 3 rings (SSSR count). The molecule has 2 aliphatic rings. The van der Waals surface area contributed by atoms with Crippen LogP contribution < -0.4 is 10.6 Å². The van der Waals surface area contributed by atoms with Crippen molar-refractivity contribution in [3.05, 3.63) is 29.6 Å². The van der Waals surface area contributed by atoms with Gasteiger partial charge in [0.05, 0.1) is 5.92 Å². The quantitative estimate of drug-likeness (QED) is 0.877. The van der Waals surface area contributed by atoms with Gasteiger partial charge in [-0.05, 0) is 37.5 Å². The molecule has 1 fully saturated rings. The number of nitrogens with zero attached hydrogens (tertiary/aromatic N) is 1. The van der Waals surface area contributed by atoms with E-state index in [-0.39, 0.29) is 24.1 Å². The van der Waals surface area contributed by atoms with E-state index in [0.29, 0.717) is 30.8 Å². The van der Waals surface area contributed by atoms with E-state index in [1.807, 2.05) is 6.92 Å². The number of amides is 3. The van der Waals surface area contributed by atoms with E-state index < -0.39 is 17.8 Å². The first-order valence-corrected chi connectivity index (χ1v) is 8.18. The van der Waals surface area contributed by atoms with Crippen LogP contribution in [-0.4, -0.2) is 41.8 Å². The molecule has 0 saturated carbocycles. The van der Waals surface area contributed by atoms with Crippen molar-refractivity contribution in [1.82, 2.24) is 10.2 Å². The van der Waals surface area contributed by atoms with Gasteiger partial charge in [-0.3, -0.25) is 14.4 Å². The van der Waals surface area contributed by atoms with Crippen LogP contribution in [0.2, 0.25) is 0 Å². The van der Waals surface area contributed by atoms with Gasteiger partial charge in [0.15, 0.2) is 0 Å². The van der Waals surface area contributed by atoms with Crippen molar-refractivity contribution in [3.8, 4) is 0 Å². The van der Waals surface area contributed by atoms with Gasteiger partial charge in [0.1, 0.15) is 11.9 Å². The van der Waals surface area contributed by atoms with Crippen molar-refractivity contribution in [1.29, 1.82) is 0 Å². The molecule has 2 unspecified atom stereocenters. The number of rotatable bonds is 3. The van der Waals surface area contributed by atoms with Crippen LogP contribution in [0, 0.1) is 5.82 Å². The van der Waals surface area contributed by atoms with E-state index in [2.05, 4.69) is 10.6 Å². The number of carbonyl (C=O) groups is 3. The number of likely N-dealkylation sites (tertiary alicyclic amines) is 1. The zero-order valence-electron chi connectivity index (χ0n) is 13.5. The summed E-state index contributed by atoms with van der Waals surface area (Å²) >= 11 is 0. The molecule has 3 amide bonds. The standard InChI is InChI=1S/C17H20FN3O3/c1-2-21-7-3-4-13(17(21)24)20-16(23)12-9-15(22)19-14-8-10(18)5-6-11(12)14/h5-6,8,12-13H,2-4,7,9H2,1H3,(H,19,22)(H,20,23). The summed E-state index contributed by atoms with van der Waals surface area (Å²) in [6, 6.07) is 3.42. The number of likely N-dealkylation sites (N-methyl/N-ethyl adjacent to an activating group) is 1. The summed E-state index contributed by atoms with van der Waals surface area (Å²) in [5.41, 5.74) is 0.890. The van der Waals surface area contributed by atoms with Crippen molar-refractivity contribution in [3.63, 3.8) is 0 Å². The van der Waals surface area contributed by atoms with E-state index in [1.165, 1.54) is 18.2 Å². The maximum atomic E-state index is 13.4. The molecule has 1 aromatic carbocycles. The predicted octanol–water partition coefficient (Wildman–Crippen LogP) is 1.38. The van der Waals surface area contributed by atoms with Crippen molar-refractivity contribution < 1.29 is 18.8 Å². The van der Waals surface area contributed by atoms with Gasteiger partial charge >= 0.3 is 0 Å². The van der Waals surface area contributed by atoms with E-state index in [4.69, 9.17) is 0 Å². The van der Waals surface area contributed by atoms with Gasteiger partial charge in [-0.1, -0.05) is 6.07 Å². The predicted molar refractivity (Wildman–Crippen MR) is 85.8 cm³/mol. The number of halogens is 1. The average molecular weight is 333 g/mol. The van der Waals surface area contributed by atoms with Gasteiger partial charge in [-0.2, -0.15) is 0 Å². The average Bonchev–Trinajstić information content (AvgIpc) is 2.55. The Labute approximate surface area is 139 Å². The van der Waals surface area contributed by atoms with E-state index in [0.717, 1.165) is 6.42 Å². The highest BCUT2D eigenvalue weighted by molar-refractivity contribution is 6.02. The number of fused-ring (bicyclic) bond motifs is 1. The molecule has 0 aliphatic carbocycles. The van der Waals surface area contributed by atoms with E-state index in [9.17, 15) is 18.8 Å². The molecule has 7 heteroatoms. The van der Waals surface area contributed by atoms with Crippen molar-refractivity contribution in [2.75, 3.05) is 18.4 Å². The summed E-state index contributed by atoms with van der Waals surface area (Å²) in [7, 11) is 0. The molecule has 1 aromatic rings. The zero-order valence-corrected chi connectivity index (χ0v) is 13.5. The molecule has 2 heterocycles. The van der Waals surface area contributed by atoms with Crippen molar-refractivity contribution in [2.24, 2.45) is 0 Å². The number of benzene rings is 1. The van der Waals surface area contributed by atoms with Gasteiger partial charge in [0.2, 0.25) is 17.7 Å². The lowest BCUT2D eigenvalue weighted by Gasteiger charge is -2.33. The monoisotopic (exact) mass is 333 g/mol. The highest BCUT2D eigenvalue weighted by atomic mass is 19.1. The van der Waals surface area contributed by atoms with Gasteiger partial charge < -0.3 is 15.5 Å². The summed E-state index contributed by atoms with van der Waals surface area (Å²) < 4.78 is 13.4. The summed E-state index contributed by atoms with van der Waals surface area (Å²) in [6.07, 6.45) is 1.41. The third-order valence-electron chi connectivity index (χ3n) is 4.60. The summed E-state index contributed by atoms with van der Waals surface area (Å²) in [6.45, 7) is 3.22.